The number of halogens is 2. The fourth-order valence-electron chi connectivity index (χ4n) is 2.81. The lowest BCUT2D eigenvalue weighted by Gasteiger charge is -2.12. The second kappa shape index (κ2) is 9.73. The Morgan fingerprint density at radius 3 is 2.73 bits per heavy atom. The number of carbonyl (C=O) groups excluding carboxylic acids is 1. The van der Waals surface area contributed by atoms with Crippen LogP contribution in [0.1, 0.15) is 27.4 Å². The maximum Gasteiger partial charge on any atom is 0.387 e. The van der Waals surface area contributed by atoms with E-state index in [-0.39, 0.29) is 23.8 Å². The normalized spacial score (nSPS) is 10.7. The SMILES string of the molecule is C=CCc1ccccc1OCc1ccc(C(=O)Nc2ccc(C)cc2OC(F)F)o1. The minimum atomic E-state index is -3.00. The van der Waals surface area contributed by atoms with Gasteiger partial charge in [0.2, 0.25) is 0 Å². The largest absolute Gasteiger partial charge is 0.485 e. The van der Waals surface area contributed by atoms with Gasteiger partial charge >= 0.3 is 6.61 Å². The Morgan fingerprint density at radius 2 is 1.97 bits per heavy atom. The minimum Gasteiger partial charge on any atom is -0.485 e. The number of furan rings is 1. The molecular formula is C23H21F2NO4. The number of aryl methyl sites for hydroxylation is 1. The molecule has 0 spiro atoms. The lowest BCUT2D eigenvalue weighted by atomic mass is 10.1. The monoisotopic (exact) mass is 413 g/mol. The molecule has 156 valence electrons. The number of hydrogen-bond acceptors (Lipinski definition) is 4. The zero-order valence-corrected chi connectivity index (χ0v) is 16.4. The van der Waals surface area contributed by atoms with Crippen LogP contribution < -0.4 is 14.8 Å². The van der Waals surface area contributed by atoms with Crippen LogP contribution in [0.5, 0.6) is 11.5 Å². The van der Waals surface area contributed by atoms with E-state index in [0.717, 1.165) is 11.1 Å². The van der Waals surface area contributed by atoms with E-state index in [9.17, 15) is 13.6 Å². The molecule has 2 aromatic carbocycles. The van der Waals surface area contributed by atoms with Gasteiger partial charge in [-0.1, -0.05) is 30.3 Å². The van der Waals surface area contributed by atoms with Crippen LogP contribution in [0.2, 0.25) is 0 Å². The van der Waals surface area contributed by atoms with Gasteiger partial charge in [-0.3, -0.25) is 4.79 Å². The molecule has 0 radical (unpaired) electrons. The van der Waals surface area contributed by atoms with Gasteiger partial charge in [0.15, 0.2) is 5.76 Å². The van der Waals surface area contributed by atoms with Crippen LogP contribution in [-0.4, -0.2) is 12.5 Å². The third-order valence-electron chi connectivity index (χ3n) is 4.19. The average Bonchev–Trinajstić information content (AvgIpc) is 3.18. The molecule has 0 fully saturated rings. The minimum absolute atomic E-state index is 0.0246. The predicted molar refractivity (Wildman–Crippen MR) is 109 cm³/mol. The van der Waals surface area contributed by atoms with Crippen molar-refractivity contribution in [3.63, 3.8) is 0 Å². The summed E-state index contributed by atoms with van der Waals surface area (Å²) in [5.41, 5.74) is 1.83. The number of hydrogen-bond donors (Lipinski definition) is 1. The van der Waals surface area contributed by atoms with Gasteiger partial charge in [-0.15, -0.1) is 6.58 Å². The van der Waals surface area contributed by atoms with Crippen LogP contribution in [0.15, 0.2) is 71.7 Å². The van der Waals surface area contributed by atoms with Crippen molar-refractivity contribution in [1.82, 2.24) is 0 Å². The van der Waals surface area contributed by atoms with Crippen molar-refractivity contribution in [2.45, 2.75) is 26.6 Å². The van der Waals surface area contributed by atoms with Gasteiger partial charge in [0.1, 0.15) is 23.9 Å². The number of anilines is 1. The summed E-state index contributed by atoms with van der Waals surface area (Å²) in [5, 5.41) is 2.53. The van der Waals surface area contributed by atoms with E-state index in [2.05, 4.69) is 16.6 Å². The second-order valence-corrected chi connectivity index (χ2v) is 6.49. The molecule has 5 nitrogen and oxygen atoms in total. The molecule has 0 saturated heterocycles. The molecule has 0 bridgehead atoms. The molecule has 30 heavy (non-hydrogen) atoms. The van der Waals surface area contributed by atoms with Crippen LogP contribution in [0.4, 0.5) is 14.5 Å². The maximum absolute atomic E-state index is 12.6. The summed E-state index contributed by atoms with van der Waals surface area (Å²) in [5.74, 6) is 0.467. The van der Waals surface area contributed by atoms with E-state index >= 15 is 0 Å². The number of benzene rings is 2. The number of para-hydroxylation sites is 1. The van der Waals surface area contributed by atoms with E-state index in [1.807, 2.05) is 24.3 Å². The quantitative estimate of drug-likeness (QED) is 0.454. The van der Waals surface area contributed by atoms with Gasteiger partial charge in [-0.05, 0) is 54.8 Å². The van der Waals surface area contributed by atoms with Crippen molar-refractivity contribution in [3.05, 3.63) is 89.9 Å². The Balaban J connectivity index is 1.67. The van der Waals surface area contributed by atoms with Crippen molar-refractivity contribution >= 4 is 11.6 Å². The number of alkyl halides is 2. The topological polar surface area (TPSA) is 60.7 Å². The molecule has 1 amide bonds. The average molecular weight is 413 g/mol. The molecule has 1 N–H and O–H groups in total. The fraction of sp³-hybridized carbons (Fsp3) is 0.174. The van der Waals surface area contributed by atoms with Crippen molar-refractivity contribution in [1.29, 1.82) is 0 Å². The number of ether oxygens (including phenoxy) is 2. The number of carbonyl (C=O) groups is 1. The molecule has 0 saturated carbocycles. The maximum atomic E-state index is 12.6. The highest BCUT2D eigenvalue weighted by Gasteiger charge is 2.16. The van der Waals surface area contributed by atoms with E-state index in [1.165, 1.54) is 18.2 Å². The first-order valence-corrected chi connectivity index (χ1v) is 9.23. The van der Waals surface area contributed by atoms with Gasteiger partial charge < -0.3 is 19.2 Å². The summed E-state index contributed by atoms with van der Waals surface area (Å²) in [6.45, 7) is 2.59. The Bertz CT molecular complexity index is 1030. The van der Waals surface area contributed by atoms with Gasteiger partial charge in [-0.2, -0.15) is 8.78 Å². The lowest BCUT2D eigenvalue weighted by molar-refractivity contribution is -0.0494. The third-order valence-corrected chi connectivity index (χ3v) is 4.19. The second-order valence-electron chi connectivity index (χ2n) is 6.49. The summed E-state index contributed by atoms with van der Waals surface area (Å²) in [7, 11) is 0. The number of amides is 1. The van der Waals surface area contributed by atoms with Crippen molar-refractivity contribution in [3.8, 4) is 11.5 Å². The number of rotatable bonds is 9. The van der Waals surface area contributed by atoms with E-state index in [0.29, 0.717) is 17.9 Å². The summed E-state index contributed by atoms with van der Waals surface area (Å²) >= 11 is 0. The smallest absolute Gasteiger partial charge is 0.387 e. The first kappa shape index (κ1) is 21.1. The molecule has 3 aromatic rings. The van der Waals surface area contributed by atoms with Crippen molar-refractivity contribution in [2.24, 2.45) is 0 Å². The summed E-state index contributed by atoms with van der Waals surface area (Å²) < 4.78 is 41.1. The molecular weight excluding hydrogens is 392 g/mol. The fourth-order valence-corrected chi connectivity index (χ4v) is 2.81. The predicted octanol–water partition coefficient (Wildman–Crippen LogP) is 5.75. The van der Waals surface area contributed by atoms with Crippen LogP contribution in [0.3, 0.4) is 0 Å². The Labute approximate surface area is 172 Å². The third kappa shape index (κ3) is 5.47. The highest BCUT2D eigenvalue weighted by Crippen LogP contribution is 2.28. The first-order valence-electron chi connectivity index (χ1n) is 9.23. The Morgan fingerprint density at radius 1 is 1.17 bits per heavy atom. The van der Waals surface area contributed by atoms with Crippen LogP contribution in [-0.2, 0) is 13.0 Å². The summed E-state index contributed by atoms with van der Waals surface area (Å²) in [6, 6.07) is 15.3. The molecule has 0 aliphatic carbocycles. The highest BCUT2D eigenvalue weighted by atomic mass is 19.3. The van der Waals surface area contributed by atoms with Gasteiger partial charge in [-0.25, -0.2) is 0 Å². The molecule has 7 heteroatoms. The molecule has 0 aliphatic heterocycles. The number of allylic oxidation sites excluding steroid dienone is 1. The number of nitrogens with one attached hydrogen (secondary N) is 1. The van der Waals surface area contributed by atoms with Crippen molar-refractivity contribution in [2.75, 3.05) is 5.32 Å². The van der Waals surface area contributed by atoms with Crippen LogP contribution >= 0.6 is 0 Å². The first-order chi connectivity index (χ1) is 14.5. The highest BCUT2D eigenvalue weighted by molar-refractivity contribution is 6.03. The lowest BCUT2D eigenvalue weighted by Crippen LogP contribution is -2.13. The molecule has 0 atom stereocenters. The molecule has 1 heterocycles. The van der Waals surface area contributed by atoms with Gasteiger partial charge in [0.05, 0.1) is 5.69 Å². The van der Waals surface area contributed by atoms with Crippen LogP contribution in [0.25, 0.3) is 0 Å². The zero-order valence-electron chi connectivity index (χ0n) is 16.4. The van der Waals surface area contributed by atoms with Gasteiger partial charge in [0, 0.05) is 0 Å². The Kier molecular flexibility index (Phi) is 6.85. The molecule has 1 aromatic heterocycles. The Hall–Kier alpha value is -3.61. The van der Waals surface area contributed by atoms with Crippen molar-refractivity contribution < 1.29 is 27.5 Å². The molecule has 3 rings (SSSR count). The molecule has 0 unspecified atom stereocenters. The standard InChI is InChI=1S/C23H21F2NO4/c1-3-6-16-7-4-5-8-19(16)28-14-17-10-12-20(29-17)22(27)26-18-11-9-15(2)13-21(18)30-23(24)25/h3-5,7-13,23H,1,6,14H2,2H3,(H,26,27). The summed E-state index contributed by atoms with van der Waals surface area (Å²) in [4.78, 5) is 12.5. The van der Waals surface area contributed by atoms with E-state index in [1.54, 1.807) is 25.1 Å². The van der Waals surface area contributed by atoms with Gasteiger partial charge in [0.25, 0.3) is 5.91 Å². The van der Waals surface area contributed by atoms with E-state index < -0.39 is 12.5 Å². The molecule has 0 aliphatic rings. The summed E-state index contributed by atoms with van der Waals surface area (Å²) in [6.07, 6.45) is 2.45. The van der Waals surface area contributed by atoms with Crippen LogP contribution in [0, 0.1) is 6.92 Å². The van der Waals surface area contributed by atoms with E-state index in [4.69, 9.17) is 9.15 Å². The zero-order chi connectivity index (χ0) is 21.5.